The molecule has 3 nitrogen and oxygen atoms in total. The van der Waals surface area contributed by atoms with Crippen LogP contribution in [0.1, 0.15) is 74.9 Å². The summed E-state index contributed by atoms with van der Waals surface area (Å²) in [5.41, 5.74) is 5.71. The predicted octanol–water partition coefficient (Wildman–Crippen LogP) is 6.58. The Labute approximate surface area is 181 Å². The Balaban J connectivity index is 2.65. The quantitative estimate of drug-likeness (QED) is 0.345. The molecule has 0 aliphatic carbocycles. The number of hydrogen-bond acceptors (Lipinski definition) is 3. The number of hydrogen-bond donors (Lipinski definition) is 1. The van der Waals surface area contributed by atoms with Gasteiger partial charge in [0.15, 0.2) is 0 Å². The third-order valence-electron chi connectivity index (χ3n) is 5.00. The maximum Gasteiger partial charge on any atom is 0.335 e. The van der Waals surface area contributed by atoms with Crippen LogP contribution in [-0.2, 0) is 23.1 Å². The number of carbonyl (C=O) groups excluding carboxylic acids is 1. The van der Waals surface area contributed by atoms with Crippen molar-refractivity contribution in [2.75, 3.05) is 0 Å². The lowest BCUT2D eigenvalue weighted by atomic mass is 9.82. The molecule has 0 saturated carbocycles. The summed E-state index contributed by atoms with van der Waals surface area (Å²) >= 11 is 0. The molecule has 0 aromatic heterocycles. The van der Waals surface area contributed by atoms with E-state index in [1.54, 1.807) is 0 Å². The molecule has 2 aromatic carbocycles. The first kappa shape index (κ1) is 23.7. The zero-order valence-electron chi connectivity index (χ0n) is 19.8. The Morgan fingerprint density at radius 3 is 2.03 bits per heavy atom. The molecular formula is C27H36O3. The summed E-state index contributed by atoms with van der Waals surface area (Å²) < 4.78 is 5.73. The second kappa shape index (κ2) is 8.67. The van der Waals surface area contributed by atoms with E-state index in [2.05, 4.69) is 54.2 Å². The van der Waals surface area contributed by atoms with Crippen LogP contribution in [-0.4, -0.2) is 11.1 Å². The summed E-state index contributed by atoms with van der Waals surface area (Å²) in [6, 6.07) is 8.17. The minimum Gasteiger partial charge on any atom is -0.507 e. The lowest BCUT2D eigenvalue weighted by Crippen LogP contribution is -2.15. The van der Waals surface area contributed by atoms with E-state index < -0.39 is 5.97 Å². The van der Waals surface area contributed by atoms with E-state index in [-0.39, 0.29) is 10.8 Å². The van der Waals surface area contributed by atoms with Crippen LogP contribution >= 0.6 is 0 Å². The van der Waals surface area contributed by atoms with E-state index in [4.69, 9.17) is 4.74 Å². The Bertz CT molecular complexity index is 954. The lowest BCUT2D eigenvalue weighted by molar-refractivity contribution is -0.129. The van der Waals surface area contributed by atoms with Gasteiger partial charge in [-0.05, 0) is 53.4 Å². The van der Waals surface area contributed by atoms with Gasteiger partial charge in [0.05, 0.1) is 0 Å². The largest absolute Gasteiger partial charge is 0.507 e. The molecule has 0 atom stereocenters. The van der Waals surface area contributed by atoms with E-state index in [1.165, 1.54) is 6.08 Å². The monoisotopic (exact) mass is 408 g/mol. The first-order chi connectivity index (χ1) is 13.7. The van der Waals surface area contributed by atoms with Gasteiger partial charge in [0, 0.05) is 12.5 Å². The number of aromatic hydroxyl groups is 1. The van der Waals surface area contributed by atoms with Crippen LogP contribution in [0.15, 0.2) is 36.9 Å². The van der Waals surface area contributed by atoms with Crippen molar-refractivity contribution in [3.8, 4) is 11.5 Å². The van der Waals surface area contributed by atoms with Crippen LogP contribution in [0.4, 0.5) is 0 Å². The molecule has 0 aliphatic heterocycles. The van der Waals surface area contributed by atoms with Gasteiger partial charge in [-0.25, -0.2) is 4.79 Å². The van der Waals surface area contributed by atoms with E-state index in [0.717, 1.165) is 39.8 Å². The zero-order chi connectivity index (χ0) is 22.9. The molecule has 162 valence electrons. The predicted molar refractivity (Wildman–Crippen MR) is 125 cm³/mol. The highest BCUT2D eigenvalue weighted by atomic mass is 16.5. The number of esters is 1. The summed E-state index contributed by atoms with van der Waals surface area (Å²) in [5, 5.41) is 11.0. The molecule has 0 fully saturated rings. The second-order valence-electron chi connectivity index (χ2n) is 10.5. The van der Waals surface area contributed by atoms with Gasteiger partial charge >= 0.3 is 5.97 Å². The van der Waals surface area contributed by atoms with Gasteiger partial charge in [-0.3, -0.25) is 0 Å². The van der Waals surface area contributed by atoms with Gasteiger partial charge in [-0.2, -0.15) is 0 Å². The Hall–Kier alpha value is -2.55. The molecule has 3 heteroatoms. The van der Waals surface area contributed by atoms with Crippen LogP contribution < -0.4 is 4.74 Å². The van der Waals surface area contributed by atoms with E-state index in [0.29, 0.717) is 17.9 Å². The molecule has 2 rings (SSSR count). The number of phenolic OH excluding ortho intramolecular Hbond substituents is 1. The molecule has 0 saturated heterocycles. The van der Waals surface area contributed by atoms with Crippen molar-refractivity contribution >= 4 is 5.97 Å². The lowest BCUT2D eigenvalue weighted by Gasteiger charge is -2.24. The Morgan fingerprint density at radius 2 is 1.50 bits per heavy atom. The van der Waals surface area contributed by atoms with E-state index >= 15 is 0 Å². The molecule has 0 spiro atoms. The summed E-state index contributed by atoms with van der Waals surface area (Å²) in [4.78, 5) is 12.1. The van der Waals surface area contributed by atoms with Crippen LogP contribution in [0.3, 0.4) is 0 Å². The standard InChI is InChI=1S/C27H36O3/c1-10-23(28)30-25-20(12-17(2)13-21(25)16-26(4,5)6)15-19-11-18(3)14-22(24(19)29)27(7,8)9/h10-14,29H,1,15-16H2,2-9H3. The van der Waals surface area contributed by atoms with Gasteiger partial charge in [-0.1, -0.05) is 83.5 Å². The number of aryl methyl sites for hydroxylation is 2. The third kappa shape index (κ3) is 5.98. The molecule has 30 heavy (non-hydrogen) atoms. The van der Waals surface area contributed by atoms with Crippen LogP contribution in [0.25, 0.3) is 0 Å². The minimum atomic E-state index is -0.473. The topological polar surface area (TPSA) is 46.5 Å². The molecule has 0 unspecified atom stereocenters. The highest BCUT2D eigenvalue weighted by Gasteiger charge is 2.23. The molecule has 2 aromatic rings. The van der Waals surface area contributed by atoms with Gasteiger partial charge in [0.2, 0.25) is 0 Å². The fraction of sp³-hybridized carbons (Fsp3) is 0.444. The van der Waals surface area contributed by atoms with Crippen molar-refractivity contribution in [1.29, 1.82) is 0 Å². The van der Waals surface area contributed by atoms with Gasteiger partial charge in [0.25, 0.3) is 0 Å². The van der Waals surface area contributed by atoms with Crippen molar-refractivity contribution in [2.45, 2.75) is 73.6 Å². The number of phenols is 1. The van der Waals surface area contributed by atoms with E-state index in [1.807, 2.05) is 32.0 Å². The van der Waals surface area contributed by atoms with Crippen molar-refractivity contribution in [2.24, 2.45) is 5.41 Å². The normalized spacial score (nSPS) is 12.0. The number of benzene rings is 2. The average molecular weight is 409 g/mol. The SMILES string of the molecule is C=CC(=O)Oc1c(Cc2cc(C)cc(C(C)(C)C)c2O)cc(C)cc1CC(C)(C)C. The Morgan fingerprint density at radius 1 is 0.967 bits per heavy atom. The first-order valence-corrected chi connectivity index (χ1v) is 10.5. The average Bonchev–Trinajstić information content (AvgIpc) is 2.58. The first-order valence-electron chi connectivity index (χ1n) is 10.5. The number of carbonyl (C=O) groups is 1. The van der Waals surface area contributed by atoms with Crippen LogP contribution in [0.5, 0.6) is 11.5 Å². The van der Waals surface area contributed by atoms with Crippen molar-refractivity contribution in [3.63, 3.8) is 0 Å². The molecule has 0 radical (unpaired) electrons. The van der Waals surface area contributed by atoms with E-state index in [9.17, 15) is 9.90 Å². The van der Waals surface area contributed by atoms with Crippen molar-refractivity contribution in [1.82, 2.24) is 0 Å². The zero-order valence-corrected chi connectivity index (χ0v) is 19.8. The fourth-order valence-corrected chi connectivity index (χ4v) is 3.80. The maximum atomic E-state index is 12.1. The summed E-state index contributed by atoms with van der Waals surface area (Å²) in [7, 11) is 0. The van der Waals surface area contributed by atoms with Crippen molar-refractivity contribution < 1.29 is 14.6 Å². The van der Waals surface area contributed by atoms with Gasteiger partial charge in [0.1, 0.15) is 11.5 Å². The smallest absolute Gasteiger partial charge is 0.335 e. The fourth-order valence-electron chi connectivity index (χ4n) is 3.80. The molecule has 0 aliphatic rings. The highest BCUT2D eigenvalue weighted by Crippen LogP contribution is 2.38. The Kier molecular flexibility index (Phi) is 6.86. The third-order valence-corrected chi connectivity index (χ3v) is 5.00. The molecule has 0 bridgehead atoms. The molecule has 0 amide bonds. The molecule has 1 N–H and O–H groups in total. The summed E-state index contributed by atoms with van der Waals surface area (Å²) in [6.45, 7) is 20.4. The molecule has 0 heterocycles. The molecular weight excluding hydrogens is 372 g/mol. The van der Waals surface area contributed by atoms with Gasteiger partial charge in [-0.15, -0.1) is 0 Å². The second-order valence-corrected chi connectivity index (χ2v) is 10.5. The number of rotatable bonds is 5. The summed E-state index contributed by atoms with van der Waals surface area (Å²) in [6.07, 6.45) is 2.44. The highest BCUT2D eigenvalue weighted by molar-refractivity contribution is 5.84. The van der Waals surface area contributed by atoms with Gasteiger partial charge < -0.3 is 9.84 Å². The minimum absolute atomic E-state index is 0.0330. The van der Waals surface area contributed by atoms with Crippen LogP contribution in [0.2, 0.25) is 0 Å². The number of ether oxygens (including phenoxy) is 1. The maximum absolute atomic E-state index is 12.1. The summed E-state index contributed by atoms with van der Waals surface area (Å²) in [5.74, 6) is 0.422. The van der Waals surface area contributed by atoms with Crippen LogP contribution in [0, 0.1) is 19.3 Å². The van der Waals surface area contributed by atoms with Crippen molar-refractivity contribution in [3.05, 3.63) is 70.3 Å².